The average molecular weight is 339 g/mol. The van der Waals surface area contributed by atoms with E-state index in [0.29, 0.717) is 5.56 Å². The zero-order valence-corrected chi connectivity index (χ0v) is 13.8. The molecule has 2 N–H and O–H groups in total. The van der Waals surface area contributed by atoms with E-state index in [-0.39, 0.29) is 4.90 Å². The second kappa shape index (κ2) is 5.58. The first kappa shape index (κ1) is 15.1. The number of hydrogen-bond donors (Lipinski definition) is 1. The van der Waals surface area contributed by atoms with Crippen molar-refractivity contribution < 1.29 is 8.42 Å². The van der Waals surface area contributed by atoms with Crippen LogP contribution in [0.5, 0.6) is 0 Å². The van der Waals surface area contributed by atoms with E-state index in [4.69, 9.17) is 10.1 Å². The molecule has 0 fully saturated rings. The van der Waals surface area contributed by atoms with Crippen LogP contribution < -0.4 is 5.14 Å². The Bertz CT molecular complexity index is 986. The van der Waals surface area contributed by atoms with E-state index in [1.807, 2.05) is 42.6 Å². The number of imidazole rings is 1. The maximum atomic E-state index is 12.1. The molecule has 2 aromatic carbocycles. The molecule has 0 radical (unpaired) electrons. The molecule has 0 bridgehead atoms. The number of fused-ring (bicyclic) bond motifs is 1. The Morgan fingerprint density at radius 2 is 1.83 bits per heavy atom. The third-order valence-corrected chi connectivity index (χ3v) is 5.28. The second-order valence-corrected chi connectivity index (χ2v) is 7.46. The number of nitrogens with zero attached hydrogens (tertiary/aromatic N) is 2. The molecule has 2 heterocycles. The number of aryl methyl sites for hydroxylation is 2. The van der Waals surface area contributed by atoms with Gasteiger partial charge in [-0.15, -0.1) is 0 Å². The molecule has 0 saturated heterocycles. The Kier molecular flexibility index (Phi) is 3.51. The molecule has 0 atom stereocenters. The lowest BCUT2D eigenvalue weighted by atomic mass is 9.98. The molecule has 24 heavy (non-hydrogen) atoms. The van der Waals surface area contributed by atoms with E-state index >= 15 is 0 Å². The Labute approximate surface area is 140 Å². The van der Waals surface area contributed by atoms with Gasteiger partial charge >= 0.3 is 0 Å². The molecular weight excluding hydrogens is 322 g/mol. The molecule has 1 aromatic heterocycles. The van der Waals surface area contributed by atoms with Crippen LogP contribution in [-0.2, 0) is 23.0 Å². The minimum atomic E-state index is -3.84. The maximum Gasteiger partial charge on any atom is 0.238 e. The largest absolute Gasteiger partial charge is 0.334 e. The third-order valence-electron chi connectivity index (χ3n) is 4.33. The van der Waals surface area contributed by atoms with Gasteiger partial charge < -0.3 is 4.57 Å². The fourth-order valence-corrected chi connectivity index (χ4v) is 4.05. The van der Waals surface area contributed by atoms with E-state index in [1.54, 1.807) is 12.1 Å². The maximum absolute atomic E-state index is 12.1. The van der Waals surface area contributed by atoms with Gasteiger partial charge in [-0.25, -0.2) is 18.5 Å². The highest BCUT2D eigenvalue weighted by Gasteiger charge is 2.22. The minimum Gasteiger partial charge on any atom is -0.334 e. The predicted octanol–water partition coefficient (Wildman–Crippen LogP) is 2.81. The Morgan fingerprint density at radius 3 is 2.54 bits per heavy atom. The Hall–Kier alpha value is -2.44. The monoisotopic (exact) mass is 339 g/mol. The minimum absolute atomic E-state index is 0.124. The van der Waals surface area contributed by atoms with Crippen molar-refractivity contribution in [3.8, 4) is 22.4 Å². The van der Waals surface area contributed by atoms with Crippen LogP contribution in [0.15, 0.2) is 59.6 Å². The number of benzene rings is 2. The number of rotatable bonds is 3. The quantitative estimate of drug-likeness (QED) is 0.797. The molecule has 1 aliphatic rings. The van der Waals surface area contributed by atoms with Crippen molar-refractivity contribution in [2.24, 2.45) is 5.14 Å². The summed E-state index contributed by atoms with van der Waals surface area (Å²) in [4.78, 5) is 4.82. The van der Waals surface area contributed by atoms with Gasteiger partial charge in [-0.05, 0) is 18.1 Å². The van der Waals surface area contributed by atoms with E-state index in [9.17, 15) is 8.42 Å². The topological polar surface area (TPSA) is 78.0 Å². The van der Waals surface area contributed by atoms with Crippen LogP contribution in [0.4, 0.5) is 0 Å². The standard InChI is InChI=1S/C18H17N3O2S/c19-24(22,23)16-9-4-8-14(18(16)13-6-2-1-3-7-13)15-12-21-11-5-10-17(21)20-15/h1-4,6-9,12H,5,10-11H2,(H2,19,22,23). The van der Waals surface area contributed by atoms with Gasteiger partial charge in [0.25, 0.3) is 0 Å². The first-order chi connectivity index (χ1) is 11.5. The van der Waals surface area contributed by atoms with Crippen LogP contribution in [0.2, 0.25) is 0 Å². The van der Waals surface area contributed by atoms with Gasteiger partial charge in [0.2, 0.25) is 10.0 Å². The molecule has 5 nitrogen and oxygen atoms in total. The number of aromatic nitrogens is 2. The summed E-state index contributed by atoms with van der Waals surface area (Å²) in [5.74, 6) is 1.05. The van der Waals surface area contributed by atoms with Crippen molar-refractivity contribution in [2.75, 3.05) is 0 Å². The summed E-state index contributed by atoms with van der Waals surface area (Å²) in [7, 11) is -3.84. The van der Waals surface area contributed by atoms with Crippen molar-refractivity contribution >= 4 is 10.0 Å². The van der Waals surface area contributed by atoms with Crippen LogP contribution in [0, 0.1) is 0 Å². The van der Waals surface area contributed by atoms with Crippen molar-refractivity contribution in [3.05, 3.63) is 60.6 Å². The lowest BCUT2D eigenvalue weighted by Gasteiger charge is -2.13. The number of hydrogen-bond acceptors (Lipinski definition) is 3. The summed E-state index contributed by atoms with van der Waals surface area (Å²) < 4.78 is 26.3. The van der Waals surface area contributed by atoms with Crippen LogP contribution in [0.3, 0.4) is 0 Å². The normalized spacial score (nSPS) is 13.9. The van der Waals surface area contributed by atoms with E-state index in [2.05, 4.69) is 4.57 Å². The Morgan fingerprint density at radius 1 is 1.04 bits per heavy atom. The first-order valence-electron chi connectivity index (χ1n) is 7.82. The predicted molar refractivity (Wildman–Crippen MR) is 92.8 cm³/mol. The molecule has 0 aliphatic carbocycles. The summed E-state index contributed by atoms with van der Waals surface area (Å²) in [5.41, 5.74) is 2.99. The molecule has 0 spiro atoms. The SMILES string of the molecule is NS(=O)(=O)c1cccc(-c2cn3c(n2)CCC3)c1-c1ccccc1. The van der Waals surface area contributed by atoms with Crippen LogP contribution in [-0.4, -0.2) is 18.0 Å². The van der Waals surface area contributed by atoms with Gasteiger partial charge in [0.1, 0.15) is 5.82 Å². The zero-order valence-electron chi connectivity index (χ0n) is 13.0. The lowest BCUT2D eigenvalue weighted by Crippen LogP contribution is -2.13. The molecule has 4 rings (SSSR count). The van der Waals surface area contributed by atoms with Crippen molar-refractivity contribution in [3.63, 3.8) is 0 Å². The summed E-state index contributed by atoms with van der Waals surface area (Å²) >= 11 is 0. The molecule has 0 unspecified atom stereocenters. The fraction of sp³-hybridized carbons (Fsp3) is 0.167. The highest BCUT2D eigenvalue weighted by atomic mass is 32.2. The molecule has 3 aromatic rings. The van der Waals surface area contributed by atoms with Gasteiger partial charge in [0, 0.05) is 30.3 Å². The van der Waals surface area contributed by atoms with Gasteiger partial charge in [0.15, 0.2) is 0 Å². The van der Waals surface area contributed by atoms with Gasteiger partial charge in [-0.3, -0.25) is 0 Å². The summed E-state index contributed by atoms with van der Waals surface area (Å²) in [5, 5.41) is 5.46. The zero-order chi connectivity index (χ0) is 16.7. The summed E-state index contributed by atoms with van der Waals surface area (Å²) in [6, 6.07) is 14.6. The summed E-state index contributed by atoms with van der Waals surface area (Å²) in [6.07, 6.45) is 4.05. The number of nitrogens with two attached hydrogens (primary N) is 1. The van der Waals surface area contributed by atoms with Crippen molar-refractivity contribution in [1.82, 2.24) is 9.55 Å². The number of primary sulfonamides is 1. The molecule has 1 aliphatic heterocycles. The van der Waals surface area contributed by atoms with Gasteiger partial charge in [-0.1, -0.05) is 42.5 Å². The molecule has 6 heteroatoms. The highest BCUT2D eigenvalue weighted by Crippen LogP contribution is 2.36. The number of sulfonamides is 1. The molecule has 122 valence electrons. The van der Waals surface area contributed by atoms with Crippen molar-refractivity contribution in [1.29, 1.82) is 0 Å². The van der Waals surface area contributed by atoms with Crippen LogP contribution in [0.1, 0.15) is 12.2 Å². The van der Waals surface area contributed by atoms with Gasteiger partial charge in [0.05, 0.1) is 10.6 Å². The van der Waals surface area contributed by atoms with Crippen molar-refractivity contribution in [2.45, 2.75) is 24.3 Å². The summed E-state index contributed by atoms with van der Waals surface area (Å²) in [6.45, 7) is 0.956. The molecule has 0 saturated carbocycles. The highest BCUT2D eigenvalue weighted by molar-refractivity contribution is 7.89. The molecular formula is C18H17N3O2S. The van der Waals surface area contributed by atoms with E-state index in [0.717, 1.165) is 42.0 Å². The van der Waals surface area contributed by atoms with E-state index < -0.39 is 10.0 Å². The first-order valence-corrected chi connectivity index (χ1v) is 9.36. The average Bonchev–Trinajstić information content (AvgIpc) is 3.16. The Balaban J connectivity index is 2.00. The lowest BCUT2D eigenvalue weighted by molar-refractivity contribution is 0.598. The third kappa shape index (κ3) is 2.53. The second-order valence-electron chi connectivity index (χ2n) is 5.93. The van der Waals surface area contributed by atoms with Gasteiger partial charge in [-0.2, -0.15) is 0 Å². The smallest absolute Gasteiger partial charge is 0.238 e. The van der Waals surface area contributed by atoms with Crippen LogP contribution in [0.25, 0.3) is 22.4 Å². The fourth-order valence-electron chi connectivity index (χ4n) is 3.27. The molecule has 0 amide bonds. The van der Waals surface area contributed by atoms with E-state index in [1.165, 1.54) is 0 Å². The van der Waals surface area contributed by atoms with Crippen LogP contribution >= 0.6 is 0 Å².